The molecule has 0 saturated heterocycles. The number of pyridine rings is 1. The van der Waals surface area contributed by atoms with E-state index in [0.717, 1.165) is 4.47 Å². The minimum atomic E-state index is -0.474. The topological polar surface area (TPSA) is 46.4 Å². The van der Waals surface area contributed by atoms with Crippen molar-refractivity contribution in [3.8, 4) is 0 Å². The van der Waals surface area contributed by atoms with Crippen LogP contribution in [0, 0.1) is 12.7 Å². The van der Waals surface area contributed by atoms with Gasteiger partial charge >= 0.3 is 0 Å². The highest BCUT2D eigenvalue weighted by molar-refractivity contribution is 9.10. The Kier molecular flexibility index (Phi) is 3.47. The molecule has 0 bridgehead atoms. The number of imidazole rings is 1. The van der Waals surface area contributed by atoms with Crippen LogP contribution in [0.5, 0.6) is 0 Å². The van der Waals surface area contributed by atoms with Gasteiger partial charge in [-0.15, -0.1) is 0 Å². The number of carbonyl (C=O) groups excluding carboxylic acids is 1. The third-order valence-electron chi connectivity index (χ3n) is 3.09. The summed E-state index contributed by atoms with van der Waals surface area (Å²) in [5, 5.41) is 2.57. The molecule has 0 aliphatic heterocycles. The molecule has 2 aromatic heterocycles. The molecule has 21 heavy (non-hydrogen) atoms. The van der Waals surface area contributed by atoms with Crippen LogP contribution >= 0.6 is 15.9 Å². The third kappa shape index (κ3) is 2.54. The smallest absolute Gasteiger partial charge is 0.274 e. The Morgan fingerprint density at radius 1 is 1.29 bits per heavy atom. The number of aryl methyl sites for hydroxylation is 1. The van der Waals surface area contributed by atoms with Gasteiger partial charge in [-0.1, -0.05) is 12.1 Å². The molecule has 0 atom stereocenters. The van der Waals surface area contributed by atoms with E-state index < -0.39 is 11.7 Å². The number of nitrogens with one attached hydrogen (secondary N) is 1. The Bertz CT molecular complexity index is 844. The van der Waals surface area contributed by atoms with E-state index in [1.807, 2.05) is 6.07 Å². The van der Waals surface area contributed by atoms with Crippen molar-refractivity contribution >= 4 is 33.2 Å². The molecular formula is C15H11BrFN3O. The second kappa shape index (κ2) is 5.29. The van der Waals surface area contributed by atoms with Crippen molar-refractivity contribution in [3.63, 3.8) is 0 Å². The first-order chi connectivity index (χ1) is 10.1. The number of fused-ring (bicyclic) bond motifs is 1. The molecule has 0 unspecified atom stereocenters. The zero-order chi connectivity index (χ0) is 15.0. The highest BCUT2D eigenvalue weighted by Crippen LogP contribution is 2.19. The van der Waals surface area contributed by atoms with Gasteiger partial charge in [-0.05, 0) is 47.1 Å². The fourth-order valence-electron chi connectivity index (χ4n) is 2.15. The first-order valence-corrected chi connectivity index (χ1v) is 7.05. The Hall–Kier alpha value is -2.21. The van der Waals surface area contributed by atoms with Crippen LogP contribution in [0.15, 0.2) is 47.1 Å². The van der Waals surface area contributed by atoms with Crippen molar-refractivity contribution in [2.45, 2.75) is 6.92 Å². The zero-order valence-corrected chi connectivity index (χ0v) is 12.7. The lowest BCUT2D eigenvalue weighted by Crippen LogP contribution is -2.16. The second-order valence-corrected chi connectivity index (χ2v) is 5.47. The summed E-state index contributed by atoms with van der Waals surface area (Å²) in [4.78, 5) is 16.7. The summed E-state index contributed by atoms with van der Waals surface area (Å²) in [5.74, 6) is -0.873. The van der Waals surface area contributed by atoms with E-state index in [1.165, 1.54) is 12.1 Å². The molecule has 1 amide bonds. The van der Waals surface area contributed by atoms with Gasteiger partial charge in [0.15, 0.2) is 0 Å². The van der Waals surface area contributed by atoms with Gasteiger partial charge < -0.3 is 5.32 Å². The average Bonchev–Trinajstić information content (AvgIpc) is 2.76. The van der Waals surface area contributed by atoms with Crippen molar-refractivity contribution in [2.24, 2.45) is 0 Å². The SMILES string of the molecule is Cc1nc2ccc(Br)cn2c1C(=O)Nc1ccccc1F. The Labute approximate surface area is 128 Å². The Balaban J connectivity index is 2.04. The standard InChI is InChI=1S/C15H11BrFN3O/c1-9-14(20-8-10(16)6-7-13(20)18-9)15(21)19-12-5-3-2-4-11(12)17/h2-8H,1H3,(H,19,21). The van der Waals surface area contributed by atoms with E-state index in [0.29, 0.717) is 17.0 Å². The predicted molar refractivity (Wildman–Crippen MR) is 82.0 cm³/mol. The van der Waals surface area contributed by atoms with Crippen LogP contribution < -0.4 is 5.32 Å². The van der Waals surface area contributed by atoms with Crippen molar-refractivity contribution in [1.29, 1.82) is 0 Å². The fourth-order valence-corrected chi connectivity index (χ4v) is 2.49. The number of halogens is 2. The van der Waals surface area contributed by atoms with E-state index in [2.05, 4.69) is 26.2 Å². The van der Waals surface area contributed by atoms with Gasteiger partial charge in [-0.3, -0.25) is 9.20 Å². The minimum absolute atomic E-state index is 0.145. The summed E-state index contributed by atoms with van der Waals surface area (Å²) in [6.07, 6.45) is 1.76. The van der Waals surface area contributed by atoms with Crippen LogP contribution in [-0.4, -0.2) is 15.3 Å². The molecule has 3 aromatic rings. The average molecular weight is 348 g/mol. The van der Waals surface area contributed by atoms with Crippen molar-refractivity contribution in [3.05, 3.63) is 64.3 Å². The van der Waals surface area contributed by atoms with Gasteiger partial charge in [0.1, 0.15) is 17.2 Å². The molecule has 2 heterocycles. The number of hydrogen-bond donors (Lipinski definition) is 1. The summed E-state index contributed by atoms with van der Waals surface area (Å²) in [6, 6.07) is 9.70. The largest absolute Gasteiger partial charge is 0.318 e. The normalized spacial score (nSPS) is 10.8. The molecule has 1 aromatic carbocycles. The number of hydrogen-bond acceptors (Lipinski definition) is 2. The number of rotatable bonds is 2. The maximum atomic E-state index is 13.6. The fraction of sp³-hybridized carbons (Fsp3) is 0.0667. The molecule has 3 rings (SSSR count). The third-order valence-corrected chi connectivity index (χ3v) is 3.56. The number of aromatic nitrogens is 2. The first kappa shape index (κ1) is 13.8. The number of nitrogens with zero attached hydrogens (tertiary/aromatic N) is 2. The van der Waals surface area contributed by atoms with Gasteiger partial charge in [0.05, 0.1) is 11.4 Å². The summed E-state index contributed by atoms with van der Waals surface area (Å²) >= 11 is 3.36. The lowest BCUT2D eigenvalue weighted by molar-refractivity contribution is 0.102. The highest BCUT2D eigenvalue weighted by Gasteiger charge is 2.17. The van der Waals surface area contributed by atoms with Crippen LogP contribution in [0.4, 0.5) is 10.1 Å². The van der Waals surface area contributed by atoms with Crippen LogP contribution in [0.25, 0.3) is 5.65 Å². The second-order valence-electron chi connectivity index (χ2n) is 4.56. The summed E-state index contributed by atoms with van der Waals surface area (Å²) in [7, 11) is 0. The summed E-state index contributed by atoms with van der Waals surface area (Å²) in [5.41, 5.74) is 1.78. The first-order valence-electron chi connectivity index (χ1n) is 6.26. The minimum Gasteiger partial charge on any atom is -0.318 e. The molecule has 0 spiro atoms. The van der Waals surface area contributed by atoms with E-state index in [9.17, 15) is 9.18 Å². The molecule has 0 saturated carbocycles. The lowest BCUT2D eigenvalue weighted by atomic mass is 10.2. The van der Waals surface area contributed by atoms with Crippen molar-refractivity contribution < 1.29 is 9.18 Å². The summed E-state index contributed by atoms with van der Waals surface area (Å²) < 4.78 is 16.1. The van der Waals surface area contributed by atoms with E-state index in [4.69, 9.17) is 0 Å². The van der Waals surface area contributed by atoms with Gasteiger partial charge in [0.2, 0.25) is 0 Å². The number of para-hydroxylation sites is 1. The van der Waals surface area contributed by atoms with Crippen molar-refractivity contribution in [2.75, 3.05) is 5.32 Å². The zero-order valence-electron chi connectivity index (χ0n) is 11.1. The molecule has 0 aliphatic carbocycles. The number of carbonyl (C=O) groups is 1. The maximum absolute atomic E-state index is 13.6. The number of benzene rings is 1. The van der Waals surface area contributed by atoms with Crippen LogP contribution in [-0.2, 0) is 0 Å². The van der Waals surface area contributed by atoms with Gasteiger partial charge in [-0.25, -0.2) is 9.37 Å². The number of anilines is 1. The van der Waals surface area contributed by atoms with E-state index in [1.54, 1.807) is 35.7 Å². The lowest BCUT2D eigenvalue weighted by Gasteiger charge is -2.07. The molecule has 0 fully saturated rings. The van der Waals surface area contributed by atoms with Gasteiger partial charge in [-0.2, -0.15) is 0 Å². The molecule has 4 nitrogen and oxygen atoms in total. The Morgan fingerprint density at radius 2 is 2.05 bits per heavy atom. The maximum Gasteiger partial charge on any atom is 0.274 e. The van der Waals surface area contributed by atoms with Crippen molar-refractivity contribution in [1.82, 2.24) is 9.38 Å². The monoisotopic (exact) mass is 347 g/mol. The highest BCUT2D eigenvalue weighted by atomic mass is 79.9. The summed E-state index contributed by atoms with van der Waals surface area (Å²) in [6.45, 7) is 1.75. The van der Waals surface area contributed by atoms with Crippen LogP contribution in [0.1, 0.15) is 16.2 Å². The number of amides is 1. The molecule has 1 N–H and O–H groups in total. The van der Waals surface area contributed by atoms with Gasteiger partial charge in [0, 0.05) is 10.7 Å². The molecule has 0 aliphatic rings. The van der Waals surface area contributed by atoms with Crippen LogP contribution in [0.2, 0.25) is 0 Å². The van der Waals surface area contributed by atoms with Gasteiger partial charge in [0.25, 0.3) is 5.91 Å². The van der Waals surface area contributed by atoms with Crippen LogP contribution in [0.3, 0.4) is 0 Å². The molecule has 6 heteroatoms. The van der Waals surface area contributed by atoms with E-state index in [-0.39, 0.29) is 5.69 Å². The molecular weight excluding hydrogens is 337 g/mol. The van der Waals surface area contributed by atoms with E-state index >= 15 is 0 Å². The molecule has 0 radical (unpaired) electrons. The predicted octanol–water partition coefficient (Wildman–Crippen LogP) is 3.80. The Morgan fingerprint density at radius 3 is 2.81 bits per heavy atom. The molecule has 106 valence electrons. The quantitative estimate of drug-likeness (QED) is 0.766.